The monoisotopic (exact) mass is 436 g/mol. The fraction of sp³-hybridized carbons (Fsp3) is 0.238. The molecule has 1 N–H and O–H groups in total. The maximum absolute atomic E-state index is 12.4. The van der Waals surface area contributed by atoms with E-state index in [1.54, 1.807) is 12.1 Å². The molecule has 0 bridgehead atoms. The van der Waals surface area contributed by atoms with E-state index in [1.165, 1.54) is 23.1 Å². The molecule has 4 rings (SSSR count). The van der Waals surface area contributed by atoms with Crippen LogP contribution in [0.15, 0.2) is 23.2 Å². The fourth-order valence-electron chi connectivity index (χ4n) is 3.03. The van der Waals surface area contributed by atoms with Gasteiger partial charge in [-0.15, -0.1) is 11.3 Å². The minimum absolute atomic E-state index is 0.0681. The normalized spacial score (nSPS) is 12.3. The molecule has 0 saturated carbocycles. The summed E-state index contributed by atoms with van der Waals surface area (Å²) in [6.07, 6.45) is 0. The van der Waals surface area contributed by atoms with Gasteiger partial charge in [-0.25, -0.2) is 4.98 Å². The van der Waals surface area contributed by atoms with Crippen molar-refractivity contribution in [3.8, 4) is 23.6 Å². The lowest BCUT2D eigenvalue weighted by molar-refractivity contribution is -0.113. The molecule has 0 saturated heterocycles. The fourth-order valence-corrected chi connectivity index (χ4v) is 4.82. The Labute approximate surface area is 181 Å². The van der Waals surface area contributed by atoms with Crippen LogP contribution in [0.4, 0.5) is 5.00 Å². The van der Waals surface area contributed by atoms with Crippen LogP contribution >= 0.6 is 23.1 Å². The first-order chi connectivity index (χ1) is 14.5. The number of carbonyl (C=O) groups excluding carboxylic acids is 1. The van der Waals surface area contributed by atoms with E-state index in [4.69, 9.17) is 9.47 Å². The SMILES string of the molecule is Cc1sc(NC(=O)CSc2nc3cc4c(cc3cc2C#N)OCCO4)c(C#N)c1C. The van der Waals surface area contributed by atoms with Crippen LogP contribution in [0, 0.1) is 36.5 Å². The van der Waals surface area contributed by atoms with Crippen LogP contribution in [-0.2, 0) is 4.79 Å². The van der Waals surface area contributed by atoms with Crippen molar-refractivity contribution >= 4 is 44.9 Å². The number of nitrogens with zero attached hydrogens (tertiary/aromatic N) is 3. The summed E-state index contributed by atoms with van der Waals surface area (Å²) in [6, 6.07) is 9.61. The zero-order chi connectivity index (χ0) is 21.3. The Bertz CT molecular complexity index is 1250. The van der Waals surface area contributed by atoms with Crippen LogP contribution in [0.2, 0.25) is 0 Å². The van der Waals surface area contributed by atoms with Gasteiger partial charge in [-0.2, -0.15) is 10.5 Å². The summed E-state index contributed by atoms with van der Waals surface area (Å²) in [6.45, 7) is 4.73. The van der Waals surface area contributed by atoms with E-state index in [9.17, 15) is 15.3 Å². The number of amides is 1. The largest absolute Gasteiger partial charge is 0.486 e. The van der Waals surface area contributed by atoms with Gasteiger partial charge in [0.2, 0.25) is 5.91 Å². The number of aromatic nitrogens is 1. The molecule has 2 aromatic heterocycles. The number of fused-ring (bicyclic) bond motifs is 2. The number of thiophene rings is 1. The van der Waals surface area contributed by atoms with Gasteiger partial charge in [0.25, 0.3) is 0 Å². The van der Waals surface area contributed by atoms with Crippen LogP contribution < -0.4 is 14.8 Å². The van der Waals surface area contributed by atoms with E-state index in [0.29, 0.717) is 51.4 Å². The Morgan fingerprint density at radius 3 is 2.63 bits per heavy atom. The third-order valence-corrected chi connectivity index (χ3v) is 6.77. The molecule has 1 aromatic carbocycles. The first-order valence-corrected chi connectivity index (χ1v) is 10.9. The predicted octanol–water partition coefficient (Wildman–Crippen LogP) is 4.16. The minimum atomic E-state index is -0.259. The molecule has 0 fully saturated rings. The van der Waals surface area contributed by atoms with Crippen LogP contribution in [0.25, 0.3) is 10.9 Å². The smallest absolute Gasteiger partial charge is 0.235 e. The Hall–Kier alpha value is -3.27. The maximum Gasteiger partial charge on any atom is 0.235 e. The summed E-state index contributed by atoms with van der Waals surface area (Å²) in [4.78, 5) is 18.0. The van der Waals surface area contributed by atoms with E-state index in [1.807, 2.05) is 19.9 Å². The number of aryl methyl sites for hydroxylation is 1. The van der Waals surface area contributed by atoms with Gasteiger partial charge in [0.1, 0.15) is 35.4 Å². The van der Waals surface area contributed by atoms with Gasteiger partial charge in [0.05, 0.1) is 22.4 Å². The molecule has 150 valence electrons. The standard InChI is InChI=1S/C21H16N4O3S2/c1-11-12(2)30-21(15(11)9-23)25-19(26)10-29-20-14(8-22)5-13-6-17-18(7-16(13)24-20)28-4-3-27-17/h5-7H,3-4,10H2,1-2H3,(H,25,26). The average molecular weight is 437 g/mol. The second-order valence-electron chi connectivity index (χ2n) is 6.58. The van der Waals surface area contributed by atoms with E-state index >= 15 is 0 Å². The molecule has 3 aromatic rings. The van der Waals surface area contributed by atoms with E-state index < -0.39 is 0 Å². The minimum Gasteiger partial charge on any atom is -0.486 e. The van der Waals surface area contributed by atoms with Gasteiger partial charge in [-0.1, -0.05) is 11.8 Å². The lowest BCUT2D eigenvalue weighted by Gasteiger charge is -2.18. The molecule has 7 nitrogen and oxygen atoms in total. The third-order valence-electron chi connectivity index (χ3n) is 4.65. The van der Waals surface area contributed by atoms with Crippen molar-refractivity contribution in [2.45, 2.75) is 18.9 Å². The van der Waals surface area contributed by atoms with Crippen molar-refractivity contribution in [2.75, 3.05) is 24.3 Å². The average Bonchev–Trinajstić information content (AvgIpc) is 3.02. The molecule has 3 heterocycles. The Kier molecular flexibility index (Phi) is 5.49. The molecule has 0 atom stereocenters. The van der Waals surface area contributed by atoms with Crippen molar-refractivity contribution < 1.29 is 14.3 Å². The number of thioether (sulfide) groups is 1. The van der Waals surface area contributed by atoms with Gasteiger partial charge in [-0.05, 0) is 31.5 Å². The molecule has 9 heteroatoms. The second kappa shape index (κ2) is 8.23. The lowest BCUT2D eigenvalue weighted by Crippen LogP contribution is -2.15. The summed E-state index contributed by atoms with van der Waals surface area (Å²) in [7, 11) is 0. The predicted molar refractivity (Wildman–Crippen MR) is 115 cm³/mol. The van der Waals surface area contributed by atoms with Gasteiger partial charge < -0.3 is 14.8 Å². The Morgan fingerprint density at radius 1 is 1.20 bits per heavy atom. The summed E-state index contributed by atoms with van der Waals surface area (Å²) in [5.41, 5.74) is 2.42. The Balaban J connectivity index is 1.55. The highest BCUT2D eigenvalue weighted by atomic mass is 32.2. The number of hydrogen-bond acceptors (Lipinski definition) is 8. The summed E-state index contributed by atoms with van der Waals surface area (Å²) in [5, 5.41) is 23.4. The van der Waals surface area contributed by atoms with Crippen molar-refractivity contribution in [3.05, 3.63) is 39.8 Å². The summed E-state index contributed by atoms with van der Waals surface area (Å²) < 4.78 is 11.2. The third kappa shape index (κ3) is 3.78. The topological polar surface area (TPSA) is 108 Å². The van der Waals surface area contributed by atoms with E-state index in [-0.39, 0.29) is 11.7 Å². The van der Waals surface area contributed by atoms with Crippen LogP contribution in [-0.4, -0.2) is 29.9 Å². The number of nitrogens with one attached hydrogen (secondary N) is 1. The number of carbonyl (C=O) groups is 1. The molecular formula is C21H16N4O3S2. The highest BCUT2D eigenvalue weighted by Gasteiger charge is 2.18. The van der Waals surface area contributed by atoms with Crippen LogP contribution in [0.5, 0.6) is 11.5 Å². The number of rotatable bonds is 4. The summed E-state index contributed by atoms with van der Waals surface area (Å²) >= 11 is 2.56. The maximum atomic E-state index is 12.4. The molecule has 1 amide bonds. The van der Waals surface area contributed by atoms with Crippen molar-refractivity contribution in [1.82, 2.24) is 4.98 Å². The van der Waals surface area contributed by atoms with Crippen LogP contribution in [0.3, 0.4) is 0 Å². The molecule has 0 aliphatic carbocycles. The molecule has 1 aliphatic rings. The highest BCUT2D eigenvalue weighted by Crippen LogP contribution is 2.36. The molecule has 30 heavy (non-hydrogen) atoms. The molecule has 0 radical (unpaired) electrons. The number of ether oxygens (including phenoxy) is 2. The zero-order valence-electron chi connectivity index (χ0n) is 16.2. The highest BCUT2D eigenvalue weighted by molar-refractivity contribution is 8.00. The van der Waals surface area contributed by atoms with Gasteiger partial charge in [-0.3, -0.25) is 4.79 Å². The van der Waals surface area contributed by atoms with Gasteiger partial charge in [0.15, 0.2) is 11.5 Å². The molecule has 0 spiro atoms. The summed E-state index contributed by atoms with van der Waals surface area (Å²) in [5.74, 6) is 1.06. The van der Waals surface area contributed by atoms with Crippen molar-refractivity contribution in [2.24, 2.45) is 0 Å². The van der Waals surface area contributed by atoms with Crippen molar-refractivity contribution in [3.63, 3.8) is 0 Å². The second-order valence-corrected chi connectivity index (χ2v) is 8.77. The van der Waals surface area contributed by atoms with Gasteiger partial charge in [0, 0.05) is 16.3 Å². The lowest BCUT2D eigenvalue weighted by atomic mass is 10.1. The quantitative estimate of drug-likeness (QED) is 0.612. The number of hydrogen-bond donors (Lipinski definition) is 1. The molecular weight excluding hydrogens is 420 g/mol. The molecule has 1 aliphatic heterocycles. The first-order valence-electron chi connectivity index (χ1n) is 9.07. The Morgan fingerprint density at radius 2 is 1.93 bits per heavy atom. The van der Waals surface area contributed by atoms with E-state index in [0.717, 1.165) is 15.8 Å². The van der Waals surface area contributed by atoms with Crippen molar-refractivity contribution in [1.29, 1.82) is 10.5 Å². The number of benzene rings is 1. The number of pyridine rings is 1. The van der Waals surface area contributed by atoms with Crippen LogP contribution in [0.1, 0.15) is 21.6 Å². The van der Waals surface area contributed by atoms with Gasteiger partial charge >= 0.3 is 0 Å². The van der Waals surface area contributed by atoms with E-state index in [2.05, 4.69) is 22.4 Å². The zero-order valence-corrected chi connectivity index (χ0v) is 17.9. The molecule has 0 unspecified atom stereocenters. The number of nitriles is 2. The first kappa shape index (κ1) is 20.0. The number of anilines is 1.